The molecule has 2 rings (SSSR count). The molecule has 0 radical (unpaired) electrons. The molecule has 3 heteroatoms. The maximum Gasteiger partial charge on any atom is 0.0107 e. The van der Waals surface area contributed by atoms with Crippen LogP contribution in [-0.4, -0.2) is 61.7 Å². The Bertz CT molecular complexity index is 224. The zero-order valence-electron chi connectivity index (χ0n) is 13.8. The fraction of sp³-hybridized carbons (Fsp3) is 1.00. The number of piperidine rings is 1. The fourth-order valence-corrected chi connectivity index (χ4v) is 3.19. The van der Waals surface area contributed by atoms with Crippen molar-refractivity contribution < 1.29 is 0 Å². The average molecular weight is 269 g/mol. The zero-order valence-corrected chi connectivity index (χ0v) is 13.8. The summed E-state index contributed by atoms with van der Waals surface area (Å²) in [6.07, 6.45) is 1.39. The van der Waals surface area contributed by atoms with Crippen molar-refractivity contribution in [2.75, 3.05) is 45.8 Å². The first-order valence-corrected chi connectivity index (χ1v) is 8.34. The van der Waals surface area contributed by atoms with Gasteiger partial charge in [-0.05, 0) is 38.6 Å². The van der Waals surface area contributed by atoms with Crippen LogP contribution >= 0.6 is 0 Å². The van der Waals surface area contributed by atoms with Crippen molar-refractivity contribution >= 4 is 0 Å². The molecule has 2 saturated heterocycles. The van der Waals surface area contributed by atoms with Crippen LogP contribution < -0.4 is 5.32 Å². The van der Waals surface area contributed by atoms with Gasteiger partial charge in [-0.3, -0.25) is 0 Å². The topological polar surface area (TPSA) is 18.5 Å². The molecule has 0 spiro atoms. The molecule has 0 unspecified atom stereocenters. The molecule has 2 fully saturated rings. The van der Waals surface area contributed by atoms with Crippen LogP contribution in [0.5, 0.6) is 0 Å². The fourth-order valence-electron chi connectivity index (χ4n) is 3.19. The standard InChI is InChI=1S/C14H29N3.C2H6/c1-12(2)17-7-4-14(13(3)10-17)11-16-8-5-15-6-9-16;1-2/h12-15H,4-11H2,1-3H3;1-2H3/t13-,14+;/m0./s1. The highest BCUT2D eigenvalue weighted by molar-refractivity contribution is 4.82. The zero-order chi connectivity index (χ0) is 14.3. The average Bonchev–Trinajstić information content (AvgIpc) is 2.44. The molecule has 1 N–H and O–H groups in total. The summed E-state index contributed by atoms with van der Waals surface area (Å²) in [5.41, 5.74) is 0. The van der Waals surface area contributed by atoms with Crippen LogP contribution in [0.3, 0.4) is 0 Å². The van der Waals surface area contributed by atoms with Crippen molar-refractivity contribution in [3.63, 3.8) is 0 Å². The molecule has 0 saturated carbocycles. The Labute approximate surface area is 120 Å². The molecular formula is C16H35N3. The first-order valence-electron chi connectivity index (χ1n) is 8.34. The molecular weight excluding hydrogens is 234 g/mol. The quantitative estimate of drug-likeness (QED) is 0.848. The first-order chi connectivity index (χ1) is 9.16. The van der Waals surface area contributed by atoms with Gasteiger partial charge >= 0.3 is 0 Å². The van der Waals surface area contributed by atoms with Gasteiger partial charge in [0.2, 0.25) is 0 Å². The molecule has 2 heterocycles. The molecule has 2 aliphatic heterocycles. The Morgan fingerprint density at radius 2 is 1.74 bits per heavy atom. The molecule has 3 nitrogen and oxygen atoms in total. The van der Waals surface area contributed by atoms with Gasteiger partial charge in [0.05, 0.1) is 0 Å². The van der Waals surface area contributed by atoms with Gasteiger partial charge in [0.25, 0.3) is 0 Å². The Morgan fingerprint density at radius 3 is 2.26 bits per heavy atom. The lowest BCUT2D eigenvalue weighted by Gasteiger charge is -2.41. The van der Waals surface area contributed by atoms with E-state index >= 15 is 0 Å². The summed E-state index contributed by atoms with van der Waals surface area (Å²) < 4.78 is 0. The minimum Gasteiger partial charge on any atom is -0.314 e. The van der Waals surface area contributed by atoms with Crippen molar-refractivity contribution in [3.8, 4) is 0 Å². The summed E-state index contributed by atoms with van der Waals surface area (Å²) in [4.78, 5) is 5.29. The van der Waals surface area contributed by atoms with Crippen LogP contribution in [0.25, 0.3) is 0 Å². The van der Waals surface area contributed by atoms with E-state index in [2.05, 4.69) is 35.9 Å². The second kappa shape index (κ2) is 8.93. The van der Waals surface area contributed by atoms with E-state index in [9.17, 15) is 0 Å². The number of nitrogens with one attached hydrogen (secondary N) is 1. The monoisotopic (exact) mass is 269 g/mol. The van der Waals surface area contributed by atoms with Gasteiger partial charge in [-0.15, -0.1) is 0 Å². The first kappa shape index (κ1) is 16.9. The summed E-state index contributed by atoms with van der Waals surface area (Å²) in [6.45, 7) is 19.9. The summed E-state index contributed by atoms with van der Waals surface area (Å²) in [5.74, 6) is 1.78. The lowest BCUT2D eigenvalue weighted by Crippen LogP contribution is -2.49. The van der Waals surface area contributed by atoms with E-state index in [1.54, 1.807) is 0 Å². The van der Waals surface area contributed by atoms with E-state index in [1.165, 1.54) is 52.2 Å². The normalized spacial score (nSPS) is 30.0. The van der Waals surface area contributed by atoms with Gasteiger partial charge in [0.15, 0.2) is 0 Å². The summed E-state index contributed by atoms with van der Waals surface area (Å²) >= 11 is 0. The predicted molar refractivity (Wildman–Crippen MR) is 84.6 cm³/mol. The molecule has 2 aliphatic rings. The highest BCUT2D eigenvalue weighted by Gasteiger charge is 2.28. The summed E-state index contributed by atoms with van der Waals surface area (Å²) in [7, 11) is 0. The smallest absolute Gasteiger partial charge is 0.0107 e. The van der Waals surface area contributed by atoms with E-state index in [0.29, 0.717) is 0 Å². The minimum atomic E-state index is 0.720. The van der Waals surface area contributed by atoms with Gasteiger partial charge < -0.3 is 15.1 Å². The van der Waals surface area contributed by atoms with Crippen molar-refractivity contribution in [2.24, 2.45) is 11.8 Å². The van der Waals surface area contributed by atoms with E-state index in [0.717, 1.165) is 17.9 Å². The number of likely N-dealkylation sites (tertiary alicyclic amines) is 1. The molecule has 114 valence electrons. The third-order valence-corrected chi connectivity index (χ3v) is 4.55. The van der Waals surface area contributed by atoms with Crippen LogP contribution in [-0.2, 0) is 0 Å². The SMILES string of the molecule is CC.CC(C)N1CC[C@H](CN2CCNCC2)[C@@H](C)C1. The number of hydrogen-bond acceptors (Lipinski definition) is 3. The minimum absolute atomic E-state index is 0.720. The molecule has 0 aliphatic carbocycles. The second-order valence-corrected chi connectivity index (χ2v) is 6.17. The molecule has 0 aromatic rings. The molecule has 0 amide bonds. The molecule has 2 atom stereocenters. The van der Waals surface area contributed by atoms with E-state index in [1.807, 2.05) is 13.8 Å². The van der Waals surface area contributed by atoms with Gasteiger partial charge in [-0.1, -0.05) is 20.8 Å². The van der Waals surface area contributed by atoms with Crippen LogP contribution in [0, 0.1) is 11.8 Å². The van der Waals surface area contributed by atoms with Gasteiger partial charge in [-0.25, -0.2) is 0 Å². The molecule has 0 aromatic heterocycles. The van der Waals surface area contributed by atoms with Crippen molar-refractivity contribution in [3.05, 3.63) is 0 Å². The van der Waals surface area contributed by atoms with Crippen LogP contribution in [0.15, 0.2) is 0 Å². The number of nitrogens with zero attached hydrogens (tertiary/aromatic N) is 2. The third-order valence-electron chi connectivity index (χ3n) is 4.55. The number of rotatable bonds is 3. The highest BCUT2D eigenvalue weighted by atomic mass is 15.2. The van der Waals surface area contributed by atoms with Crippen LogP contribution in [0.1, 0.15) is 41.0 Å². The lowest BCUT2D eigenvalue weighted by atomic mass is 9.86. The van der Waals surface area contributed by atoms with Gasteiger partial charge in [0.1, 0.15) is 0 Å². The maximum atomic E-state index is 3.44. The summed E-state index contributed by atoms with van der Waals surface area (Å²) in [6, 6.07) is 0.720. The van der Waals surface area contributed by atoms with Gasteiger partial charge in [-0.2, -0.15) is 0 Å². The molecule has 0 aromatic carbocycles. The summed E-state index contributed by atoms with van der Waals surface area (Å²) in [5, 5.41) is 3.44. The second-order valence-electron chi connectivity index (χ2n) is 6.17. The van der Waals surface area contributed by atoms with Crippen molar-refractivity contribution in [1.82, 2.24) is 15.1 Å². The Balaban J connectivity index is 0.000000861. The van der Waals surface area contributed by atoms with E-state index in [-0.39, 0.29) is 0 Å². The lowest BCUT2D eigenvalue weighted by molar-refractivity contribution is 0.0745. The Morgan fingerprint density at radius 1 is 1.11 bits per heavy atom. The third kappa shape index (κ3) is 5.41. The highest BCUT2D eigenvalue weighted by Crippen LogP contribution is 2.25. The Kier molecular flexibility index (Phi) is 7.96. The Hall–Kier alpha value is -0.120. The molecule has 19 heavy (non-hydrogen) atoms. The van der Waals surface area contributed by atoms with E-state index in [4.69, 9.17) is 0 Å². The van der Waals surface area contributed by atoms with Crippen LogP contribution in [0.4, 0.5) is 0 Å². The van der Waals surface area contributed by atoms with Crippen molar-refractivity contribution in [1.29, 1.82) is 0 Å². The van der Waals surface area contributed by atoms with E-state index < -0.39 is 0 Å². The van der Waals surface area contributed by atoms with Crippen molar-refractivity contribution in [2.45, 2.75) is 47.1 Å². The molecule has 0 bridgehead atoms. The number of piperazine rings is 1. The predicted octanol–water partition coefficient (Wildman–Crippen LogP) is 2.28. The van der Waals surface area contributed by atoms with Gasteiger partial charge in [0, 0.05) is 45.3 Å². The largest absolute Gasteiger partial charge is 0.314 e. The van der Waals surface area contributed by atoms with Crippen LogP contribution in [0.2, 0.25) is 0 Å². The maximum absolute atomic E-state index is 3.44. The number of hydrogen-bond donors (Lipinski definition) is 1.